The van der Waals surface area contributed by atoms with Crippen LogP contribution < -0.4 is 5.73 Å². The minimum absolute atomic E-state index is 0.167. The Balaban J connectivity index is 1.87. The highest BCUT2D eigenvalue weighted by atomic mass is 15.2. The van der Waals surface area contributed by atoms with Gasteiger partial charge in [0.1, 0.15) is 5.82 Å². The Morgan fingerprint density at radius 2 is 2.12 bits per heavy atom. The van der Waals surface area contributed by atoms with E-state index < -0.39 is 0 Å². The van der Waals surface area contributed by atoms with Gasteiger partial charge in [-0.2, -0.15) is 5.10 Å². The van der Waals surface area contributed by atoms with Crippen LogP contribution in [-0.4, -0.2) is 21.2 Å². The number of hydrogen-bond donors (Lipinski definition) is 2. The second-order valence-electron chi connectivity index (χ2n) is 6.14. The quantitative estimate of drug-likeness (QED) is 0.818. The minimum Gasteiger partial charge on any atom is -0.327 e. The Morgan fingerprint density at radius 1 is 1.44 bits per heavy atom. The summed E-state index contributed by atoms with van der Waals surface area (Å²) in [7, 11) is 0. The Morgan fingerprint density at radius 3 is 2.69 bits per heavy atom. The van der Waals surface area contributed by atoms with Crippen molar-refractivity contribution in [3.63, 3.8) is 0 Å². The molecule has 4 nitrogen and oxygen atoms in total. The molecule has 3 N–H and O–H groups in total. The molecule has 0 aliphatic heterocycles. The molecule has 16 heavy (non-hydrogen) atoms. The van der Waals surface area contributed by atoms with Gasteiger partial charge < -0.3 is 5.73 Å². The SMILES string of the molecule is CC(C)(C)CC(N)Cc1nc(C2CC2)n[nH]1. The molecule has 0 saturated heterocycles. The first-order valence-electron chi connectivity index (χ1n) is 6.11. The zero-order chi connectivity index (χ0) is 11.8. The van der Waals surface area contributed by atoms with Crippen molar-refractivity contribution in [1.29, 1.82) is 0 Å². The third-order valence-corrected chi connectivity index (χ3v) is 2.82. The summed E-state index contributed by atoms with van der Waals surface area (Å²) in [6, 6.07) is 0.167. The van der Waals surface area contributed by atoms with Crippen molar-refractivity contribution in [3.05, 3.63) is 11.6 Å². The highest BCUT2D eigenvalue weighted by Gasteiger charge is 2.28. The van der Waals surface area contributed by atoms with Crippen LogP contribution in [0.5, 0.6) is 0 Å². The Kier molecular flexibility index (Phi) is 3.02. The smallest absolute Gasteiger partial charge is 0.153 e. The molecule has 1 saturated carbocycles. The monoisotopic (exact) mass is 222 g/mol. The number of H-pyrrole nitrogens is 1. The highest BCUT2D eigenvalue weighted by molar-refractivity contribution is 5.05. The van der Waals surface area contributed by atoms with Gasteiger partial charge in [-0.15, -0.1) is 0 Å². The number of aromatic nitrogens is 3. The van der Waals surface area contributed by atoms with Gasteiger partial charge in [-0.3, -0.25) is 5.10 Å². The maximum absolute atomic E-state index is 6.11. The lowest BCUT2D eigenvalue weighted by Crippen LogP contribution is -2.28. The second-order valence-corrected chi connectivity index (χ2v) is 6.14. The minimum atomic E-state index is 0.167. The summed E-state index contributed by atoms with van der Waals surface area (Å²) >= 11 is 0. The number of nitrogens with two attached hydrogens (primary N) is 1. The Labute approximate surface area is 97.0 Å². The van der Waals surface area contributed by atoms with Crippen LogP contribution in [0.1, 0.15) is 57.6 Å². The van der Waals surface area contributed by atoms with E-state index in [1.54, 1.807) is 0 Å². The van der Waals surface area contributed by atoms with Crippen LogP contribution in [-0.2, 0) is 6.42 Å². The molecule has 90 valence electrons. The molecule has 0 spiro atoms. The Hall–Kier alpha value is -0.900. The fourth-order valence-corrected chi connectivity index (χ4v) is 2.03. The van der Waals surface area contributed by atoms with Gasteiger partial charge in [-0.05, 0) is 24.7 Å². The second kappa shape index (κ2) is 4.17. The van der Waals surface area contributed by atoms with E-state index in [0.717, 1.165) is 24.5 Å². The van der Waals surface area contributed by atoms with Crippen LogP contribution in [0.2, 0.25) is 0 Å². The van der Waals surface area contributed by atoms with Crippen molar-refractivity contribution >= 4 is 0 Å². The van der Waals surface area contributed by atoms with Gasteiger partial charge in [0.25, 0.3) is 0 Å². The van der Waals surface area contributed by atoms with Gasteiger partial charge >= 0.3 is 0 Å². The summed E-state index contributed by atoms with van der Waals surface area (Å²) in [5.74, 6) is 2.54. The van der Waals surface area contributed by atoms with Gasteiger partial charge in [0.05, 0.1) is 0 Å². The molecule has 0 aromatic carbocycles. The summed E-state index contributed by atoms with van der Waals surface area (Å²) < 4.78 is 0. The first-order valence-corrected chi connectivity index (χ1v) is 6.11. The van der Waals surface area contributed by atoms with E-state index in [0.29, 0.717) is 5.92 Å². The molecule has 1 aromatic heterocycles. The van der Waals surface area contributed by atoms with E-state index >= 15 is 0 Å². The van der Waals surface area contributed by atoms with E-state index in [2.05, 4.69) is 36.0 Å². The summed E-state index contributed by atoms with van der Waals surface area (Å²) in [5, 5.41) is 7.24. The van der Waals surface area contributed by atoms with Gasteiger partial charge in [0, 0.05) is 18.4 Å². The van der Waals surface area contributed by atoms with Gasteiger partial charge in [0.15, 0.2) is 5.82 Å². The third-order valence-electron chi connectivity index (χ3n) is 2.82. The van der Waals surface area contributed by atoms with Crippen molar-refractivity contribution < 1.29 is 0 Å². The van der Waals surface area contributed by atoms with Crippen molar-refractivity contribution in [2.75, 3.05) is 0 Å². The van der Waals surface area contributed by atoms with Crippen molar-refractivity contribution in [2.45, 2.75) is 58.4 Å². The van der Waals surface area contributed by atoms with Crippen LogP contribution >= 0.6 is 0 Å². The van der Waals surface area contributed by atoms with Gasteiger partial charge in [0.2, 0.25) is 0 Å². The average Bonchev–Trinajstić information content (AvgIpc) is 2.85. The number of aromatic amines is 1. The number of hydrogen-bond acceptors (Lipinski definition) is 3. The zero-order valence-electron chi connectivity index (χ0n) is 10.5. The molecule has 0 radical (unpaired) electrons. The number of rotatable bonds is 4. The topological polar surface area (TPSA) is 67.6 Å². The summed E-state index contributed by atoms with van der Waals surface area (Å²) in [6.07, 6.45) is 4.29. The zero-order valence-corrected chi connectivity index (χ0v) is 10.5. The van der Waals surface area contributed by atoms with Crippen LogP contribution in [0.3, 0.4) is 0 Å². The molecule has 4 heteroatoms. The molecule has 1 aromatic rings. The Bertz CT molecular complexity index is 346. The lowest BCUT2D eigenvalue weighted by Gasteiger charge is -2.22. The fraction of sp³-hybridized carbons (Fsp3) is 0.833. The third kappa shape index (κ3) is 3.30. The summed E-state index contributed by atoms with van der Waals surface area (Å²) in [6.45, 7) is 6.63. The van der Waals surface area contributed by atoms with E-state index in [9.17, 15) is 0 Å². The lowest BCUT2D eigenvalue weighted by atomic mass is 9.87. The van der Waals surface area contributed by atoms with Crippen LogP contribution in [0.4, 0.5) is 0 Å². The highest BCUT2D eigenvalue weighted by Crippen LogP contribution is 2.37. The van der Waals surface area contributed by atoms with Crippen molar-refractivity contribution in [2.24, 2.45) is 11.1 Å². The van der Waals surface area contributed by atoms with Crippen molar-refractivity contribution in [3.8, 4) is 0 Å². The van der Waals surface area contributed by atoms with Crippen LogP contribution in [0.15, 0.2) is 0 Å². The van der Waals surface area contributed by atoms with Crippen LogP contribution in [0, 0.1) is 5.41 Å². The molecule has 0 amide bonds. The van der Waals surface area contributed by atoms with E-state index in [1.807, 2.05) is 0 Å². The molecule has 2 rings (SSSR count). The molecule has 1 heterocycles. The van der Waals surface area contributed by atoms with E-state index in [-0.39, 0.29) is 11.5 Å². The maximum atomic E-state index is 6.11. The standard InChI is InChI=1S/C12H22N4/c1-12(2,3)7-9(13)6-10-14-11(16-15-10)8-4-5-8/h8-9H,4-7,13H2,1-3H3,(H,14,15,16). The average molecular weight is 222 g/mol. The molecular weight excluding hydrogens is 200 g/mol. The molecule has 1 fully saturated rings. The largest absolute Gasteiger partial charge is 0.327 e. The lowest BCUT2D eigenvalue weighted by molar-refractivity contribution is 0.336. The van der Waals surface area contributed by atoms with Gasteiger partial charge in [-0.25, -0.2) is 4.98 Å². The predicted octanol–water partition coefficient (Wildman–Crippen LogP) is 1.99. The first kappa shape index (κ1) is 11.6. The van der Waals surface area contributed by atoms with Crippen molar-refractivity contribution in [1.82, 2.24) is 15.2 Å². The maximum Gasteiger partial charge on any atom is 0.153 e. The number of nitrogens with zero attached hydrogens (tertiary/aromatic N) is 2. The van der Waals surface area contributed by atoms with E-state index in [1.165, 1.54) is 12.8 Å². The number of nitrogens with one attached hydrogen (secondary N) is 1. The molecule has 1 unspecified atom stereocenters. The first-order chi connectivity index (χ1) is 7.44. The summed E-state index contributed by atoms with van der Waals surface area (Å²) in [4.78, 5) is 4.50. The van der Waals surface area contributed by atoms with E-state index in [4.69, 9.17) is 5.73 Å². The summed E-state index contributed by atoms with van der Waals surface area (Å²) in [5.41, 5.74) is 6.38. The normalized spacial score (nSPS) is 18.8. The molecular formula is C12H22N4. The molecule has 0 bridgehead atoms. The molecule has 1 aliphatic carbocycles. The predicted molar refractivity (Wildman–Crippen MR) is 64.1 cm³/mol. The van der Waals surface area contributed by atoms with Crippen LogP contribution in [0.25, 0.3) is 0 Å². The molecule has 1 atom stereocenters. The van der Waals surface area contributed by atoms with Gasteiger partial charge in [-0.1, -0.05) is 20.8 Å². The molecule has 1 aliphatic rings. The fourth-order valence-electron chi connectivity index (χ4n) is 2.03.